The van der Waals surface area contributed by atoms with Gasteiger partial charge in [-0.05, 0) is 52.7 Å². The Kier molecular flexibility index (Phi) is 4.42. The number of nitrogens with one attached hydrogen (secondary N) is 1. The average Bonchev–Trinajstić information content (AvgIpc) is 3.30. The van der Waals surface area contributed by atoms with Gasteiger partial charge in [0.05, 0.1) is 23.8 Å². The first-order valence-corrected chi connectivity index (χ1v) is 10.5. The third kappa shape index (κ3) is 3.75. The van der Waals surface area contributed by atoms with E-state index in [1.165, 1.54) is 10.4 Å². The van der Waals surface area contributed by atoms with E-state index in [1.807, 2.05) is 29.8 Å². The zero-order chi connectivity index (χ0) is 22.7. The molecule has 0 amide bonds. The molecule has 5 rings (SSSR count). The molecule has 4 aromatic rings. The van der Waals surface area contributed by atoms with Crippen molar-refractivity contribution < 1.29 is 5.11 Å². The van der Waals surface area contributed by atoms with E-state index in [-0.39, 0.29) is 16.8 Å². The Balaban J connectivity index is 1.50. The van der Waals surface area contributed by atoms with E-state index in [0.29, 0.717) is 22.9 Å². The molecule has 0 bridgehead atoms. The van der Waals surface area contributed by atoms with Gasteiger partial charge in [0.2, 0.25) is 5.78 Å². The molecule has 0 radical (unpaired) electrons. The number of pyridine rings is 1. The minimum Gasteiger partial charge on any atom is -0.506 e. The van der Waals surface area contributed by atoms with Crippen molar-refractivity contribution in [2.45, 2.75) is 52.1 Å². The molecule has 0 atom stereocenters. The molecule has 0 aliphatic carbocycles. The lowest BCUT2D eigenvalue weighted by molar-refractivity contribution is 0.297. The normalized spacial score (nSPS) is 17.5. The largest absolute Gasteiger partial charge is 0.506 e. The quantitative estimate of drug-likeness (QED) is 0.513. The second-order valence-corrected chi connectivity index (χ2v) is 9.56. The smallest absolute Gasteiger partial charge is 0.234 e. The second-order valence-electron chi connectivity index (χ2n) is 9.56. The SMILES string of the molecule is Cc1cnn(-c2cnc(-c3cn4ccc(C5=CC(C)(C)NC(C)(C)C5)nc4n3)c(O)c2)n1. The second kappa shape index (κ2) is 6.96. The first kappa shape index (κ1) is 20.3. The molecule has 5 heterocycles. The molecule has 0 fully saturated rings. The summed E-state index contributed by atoms with van der Waals surface area (Å²) in [6.07, 6.45) is 10.1. The van der Waals surface area contributed by atoms with E-state index in [9.17, 15) is 5.11 Å². The summed E-state index contributed by atoms with van der Waals surface area (Å²) in [6.45, 7) is 10.6. The van der Waals surface area contributed by atoms with Crippen molar-refractivity contribution in [2.24, 2.45) is 0 Å². The van der Waals surface area contributed by atoms with Crippen LogP contribution in [0.3, 0.4) is 0 Å². The third-order valence-electron chi connectivity index (χ3n) is 5.42. The molecular formula is C23H26N8O. The van der Waals surface area contributed by atoms with E-state index in [0.717, 1.165) is 17.8 Å². The summed E-state index contributed by atoms with van der Waals surface area (Å²) in [5, 5.41) is 22.6. The van der Waals surface area contributed by atoms with Crippen LogP contribution >= 0.6 is 0 Å². The first-order valence-electron chi connectivity index (χ1n) is 10.5. The van der Waals surface area contributed by atoms with E-state index in [1.54, 1.807) is 18.5 Å². The minimum absolute atomic E-state index is 0.00523. The summed E-state index contributed by atoms with van der Waals surface area (Å²) in [4.78, 5) is 15.3. The number of aryl methyl sites for hydroxylation is 1. The Morgan fingerprint density at radius 3 is 2.56 bits per heavy atom. The van der Waals surface area contributed by atoms with Gasteiger partial charge >= 0.3 is 0 Å². The van der Waals surface area contributed by atoms with Crippen LogP contribution in [0.4, 0.5) is 0 Å². The maximum Gasteiger partial charge on any atom is 0.234 e. The predicted octanol–water partition coefficient (Wildman–Crippen LogP) is 3.32. The number of imidazole rings is 1. The van der Waals surface area contributed by atoms with Crippen molar-refractivity contribution in [3.63, 3.8) is 0 Å². The van der Waals surface area contributed by atoms with Gasteiger partial charge in [0.15, 0.2) is 0 Å². The highest BCUT2D eigenvalue weighted by molar-refractivity contribution is 5.69. The fraction of sp³-hybridized carbons (Fsp3) is 0.348. The maximum absolute atomic E-state index is 10.6. The third-order valence-corrected chi connectivity index (χ3v) is 5.42. The Hall–Kier alpha value is -3.59. The summed E-state index contributed by atoms with van der Waals surface area (Å²) >= 11 is 0. The zero-order valence-corrected chi connectivity index (χ0v) is 18.8. The molecule has 0 spiro atoms. The van der Waals surface area contributed by atoms with Crippen LogP contribution in [0.15, 0.2) is 43.0 Å². The molecule has 2 N–H and O–H groups in total. The molecule has 0 saturated carbocycles. The Morgan fingerprint density at radius 1 is 1.09 bits per heavy atom. The summed E-state index contributed by atoms with van der Waals surface area (Å²) in [5.74, 6) is 0.563. The van der Waals surface area contributed by atoms with Gasteiger partial charge in [0.1, 0.15) is 22.8 Å². The van der Waals surface area contributed by atoms with Crippen molar-refractivity contribution in [1.29, 1.82) is 0 Å². The molecule has 164 valence electrons. The summed E-state index contributed by atoms with van der Waals surface area (Å²) < 4.78 is 1.84. The van der Waals surface area contributed by atoms with Crippen LogP contribution in [0.5, 0.6) is 5.75 Å². The minimum atomic E-state index is -0.120. The van der Waals surface area contributed by atoms with Crippen LogP contribution in [0.2, 0.25) is 0 Å². The molecule has 32 heavy (non-hydrogen) atoms. The molecule has 0 saturated heterocycles. The van der Waals surface area contributed by atoms with Gasteiger partial charge < -0.3 is 10.4 Å². The van der Waals surface area contributed by atoms with Crippen molar-refractivity contribution >= 4 is 11.4 Å². The molecule has 0 unspecified atom stereocenters. The molecule has 4 aromatic heterocycles. The summed E-state index contributed by atoms with van der Waals surface area (Å²) in [5.41, 5.74) is 4.24. The molecule has 9 heteroatoms. The standard InChI is InChI=1S/C23H26N8O/c1-14-11-25-31(28-14)16-8-19(32)20(24-12-16)18-13-30-7-6-17(26-21(30)27-18)15-9-22(2,3)29-23(4,5)10-15/h6-9,11-13,29,32H,10H2,1-5H3. The van der Waals surface area contributed by atoms with Gasteiger partial charge in [-0.1, -0.05) is 6.08 Å². The highest BCUT2D eigenvalue weighted by Crippen LogP contribution is 2.33. The van der Waals surface area contributed by atoms with Crippen molar-refractivity contribution in [1.82, 2.24) is 39.7 Å². The number of aromatic nitrogens is 7. The molecule has 1 aliphatic heterocycles. The molecule has 1 aliphatic rings. The number of fused-ring (bicyclic) bond motifs is 1. The fourth-order valence-electron chi connectivity index (χ4n) is 4.46. The van der Waals surface area contributed by atoms with E-state index in [2.05, 4.69) is 59.3 Å². The van der Waals surface area contributed by atoms with Crippen LogP contribution < -0.4 is 5.32 Å². The monoisotopic (exact) mass is 430 g/mol. The Morgan fingerprint density at radius 2 is 1.88 bits per heavy atom. The highest BCUT2D eigenvalue weighted by atomic mass is 16.3. The highest BCUT2D eigenvalue weighted by Gasteiger charge is 2.33. The molecular weight excluding hydrogens is 404 g/mol. The van der Waals surface area contributed by atoms with Crippen molar-refractivity contribution in [2.75, 3.05) is 0 Å². The summed E-state index contributed by atoms with van der Waals surface area (Å²) in [7, 11) is 0. The van der Waals surface area contributed by atoms with Crippen LogP contribution in [-0.2, 0) is 0 Å². The topological polar surface area (TPSA) is 106 Å². The lowest BCUT2D eigenvalue weighted by Gasteiger charge is -2.41. The first-order chi connectivity index (χ1) is 15.1. The van der Waals surface area contributed by atoms with Gasteiger partial charge in [-0.15, -0.1) is 4.80 Å². The summed E-state index contributed by atoms with van der Waals surface area (Å²) in [6, 6.07) is 3.58. The number of aromatic hydroxyl groups is 1. The van der Waals surface area contributed by atoms with Gasteiger partial charge in [0, 0.05) is 29.5 Å². The predicted molar refractivity (Wildman–Crippen MR) is 121 cm³/mol. The Bertz CT molecular complexity index is 1360. The van der Waals surface area contributed by atoms with Crippen molar-refractivity contribution in [3.8, 4) is 22.8 Å². The van der Waals surface area contributed by atoms with Crippen LogP contribution in [0, 0.1) is 6.92 Å². The lowest BCUT2D eigenvalue weighted by Crippen LogP contribution is -2.53. The fourth-order valence-corrected chi connectivity index (χ4v) is 4.46. The Labute approximate surface area is 185 Å². The lowest BCUT2D eigenvalue weighted by atomic mass is 9.82. The van der Waals surface area contributed by atoms with E-state index >= 15 is 0 Å². The maximum atomic E-state index is 10.6. The van der Waals surface area contributed by atoms with E-state index in [4.69, 9.17) is 4.98 Å². The molecule has 9 nitrogen and oxygen atoms in total. The number of nitrogens with zero attached hydrogens (tertiary/aromatic N) is 7. The van der Waals surface area contributed by atoms with Crippen LogP contribution in [-0.4, -0.2) is 50.5 Å². The average molecular weight is 431 g/mol. The van der Waals surface area contributed by atoms with Gasteiger partial charge in [-0.2, -0.15) is 10.2 Å². The van der Waals surface area contributed by atoms with E-state index < -0.39 is 0 Å². The van der Waals surface area contributed by atoms with Gasteiger partial charge in [-0.3, -0.25) is 4.40 Å². The number of rotatable bonds is 3. The van der Waals surface area contributed by atoms with Gasteiger partial charge in [-0.25, -0.2) is 15.0 Å². The van der Waals surface area contributed by atoms with Gasteiger partial charge in [0.25, 0.3) is 0 Å². The van der Waals surface area contributed by atoms with Crippen LogP contribution in [0.25, 0.3) is 28.4 Å². The van der Waals surface area contributed by atoms with Crippen LogP contribution in [0.1, 0.15) is 45.5 Å². The van der Waals surface area contributed by atoms with Crippen molar-refractivity contribution in [3.05, 3.63) is 54.4 Å². The zero-order valence-electron chi connectivity index (χ0n) is 18.8. The molecule has 0 aromatic carbocycles. The number of hydrogen-bond acceptors (Lipinski definition) is 7. The number of hydrogen-bond donors (Lipinski definition) is 2.